The molecule has 130 valence electrons. The van der Waals surface area contributed by atoms with Gasteiger partial charge in [0, 0.05) is 18.2 Å². The number of rotatable bonds is 9. The lowest BCUT2D eigenvalue weighted by atomic mass is 10.2. The Labute approximate surface area is 141 Å². The van der Waals surface area contributed by atoms with E-state index in [0.717, 1.165) is 5.56 Å². The van der Waals surface area contributed by atoms with Gasteiger partial charge in [-0.2, -0.15) is 0 Å². The van der Waals surface area contributed by atoms with E-state index in [1.165, 1.54) is 6.08 Å². The van der Waals surface area contributed by atoms with E-state index < -0.39 is 18.5 Å². The lowest BCUT2D eigenvalue weighted by Gasteiger charge is -2.06. The second kappa shape index (κ2) is 10.8. The highest BCUT2D eigenvalue weighted by Crippen LogP contribution is 2.19. The molecule has 7 nitrogen and oxygen atoms in total. The maximum Gasteiger partial charge on any atom is 0.331 e. The Hall–Kier alpha value is -2.83. The standard InChI is InChI=1S/C17H22N2O5/c1-3-18-15(20)11-19-16(21)12-24-17(22)10-9-13-7-5-6-8-14(13)23-4-2/h5-10H,3-4,11-12H2,1-2H3,(H,18,20)(H,19,21)/b10-9+. The van der Waals surface area contributed by atoms with Crippen LogP contribution in [0.25, 0.3) is 6.08 Å². The van der Waals surface area contributed by atoms with Gasteiger partial charge in [-0.25, -0.2) is 4.79 Å². The SMILES string of the molecule is CCNC(=O)CNC(=O)COC(=O)/C=C/c1ccccc1OCC. The predicted molar refractivity (Wildman–Crippen MR) is 89.3 cm³/mol. The summed E-state index contributed by atoms with van der Waals surface area (Å²) < 4.78 is 10.2. The van der Waals surface area contributed by atoms with Crippen LogP contribution in [0.15, 0.2) is 30.3 Å². The molecule has 0 bridgehead atoms. The van der Waals surface area contributed by atoms with E-state index in [0.29, 0.717) is 18.9 Å². The third kappa shape index (κ3) is 7.44. The zero-order chi connectivity index (χ0) is 17.8. The Morgan fingerprint density at radius 2 is 1.83 bits per heavy atom. The molecular weight excluding hydrogens is 312 g/mol. The Kier molecular flexibility index (Phi) is 8.67. The number of carbonyl (C=O) groups excluding carboxylic acids is 3. The molecule has 0 aliphatic rings. The molecule has 0 aliphatic carbocycles. The molecule has 24 heavy (non-hydrogen) atoms. The van der Waals surface area contributed by atoms with Gasteiger partial charge in [0.05, 0.1) is 13.2 Å². The van der Waals surface area contributed by atoms with Crippen LogP contribution in [0.3, 0.4) is 0 Å². The number of hydrogen-bond donors (Lipinski definition) is 2. The molecule has 1 aromatic rings. The Balaban J connectivity index is 2.41. The van der Waals surface area contributed by atoms with Crippen molar-refractivity contribution in [3.8, 4) is 5.75 Å². The molecule has 0 radical (unpaired) electrons. The summed E-state index contributed by atoms with van der Waals surface area (Å²) in [4.78, 5) is 34.3. The fraction of sp³-hybridized carbons (Fsp3) is 0.353. The van der Waals surface area contributed by atoms with Crippen LogP contribution in [0.5, 0.6) is 5.75 Å². The first-order chi connectivity index (χ1) is 11.6. The van der Waals surface area contributed by atoms with Gasteiger partial charge in [-0.1, -0.05) is 18.2 Å². The van der Waals surface area contributed by atoms with E-state index in [1.807, 2.05) is 19.1 Å². The highest BCUT2D eigenvalue weighted by atomic mass is 16.5. The predicted octanol–water partition coefficient (Wildman–Crippen LogP) is 0.894. The highest BCUT2D eigenvalue weighted by molar-refractivity contribution is 5.90. The average molecular weight is 334 g/mol. The van der Waals surface area contributed by atoms with Crippen molar-refractivity contribution in [1.29, 1.82) is 0 Å². The third-order valence-electron chi connectivity index (χ3n) is 2.78. The van der Waals surface area contributed by atoms with Gasteiger partial charge in [0.15, 0.2) is 6.61 Å². The summed E-state index contributed by atoms with van der Waals surface area (Å²) in [6, 6.07) is 7.25. The van der Waals surface area contributed by atoms with Crippen molar-refractivity contribution in [2.75, 3.05) is 26.3 Å². The van der Waals surface area contributed by atoms with Crippen molar-refractivity contribution in [3.63, 3.8) is 0 Å². The molecule has 2 amide bonds. The summed E-state index contributed by atoms with van der Waals surface area (Å²) in [6.45, 7) is 4.04. The number of nitrogens with one attached hydrogen (secondary N) is 2. The Morgan fingerprint density at radius 1 is 1.08 bits per heavy atom. The van der Waals surface area contributed by atoms with Gasteiger partial charge in [0.25, 0.3) is 5.91 Å². The zero-order valence-electron chi connectivity index (χ0n) is 13.8. The summed E-state index contributed by atoms with van der Waals surface area (Å²) in [5.74, 6) is -0.847. The number of esters is 1. The molecule has 0 heterocycles. The molecule has 2 N–H and O–H groups in total. The maximum absolute atomic E-state index is 11.6. The van der Waals surface area contributed by atoms with Crippen LogP contribution in [-0.4, -0.2) is 44.1 Å². The number of benzene rings is 1. The van der Waals surface area contributed by atoms with Crippen molar-refractivity contribution < 1.29 is 23.9 Å². The first-order valence-electron chi connectivity index (χ1n) is 7.66. The first-order valence-corrected chi connectivity index (χ1v) is 7.66. The smallest absolute Gasteiger partial charge is 0.331 e. The minimum Gasteiger partial charge on any atom is -0.493 e. The molecule has 0 aromatic heterocycles. The van der Waals surface area contributed by atoms with Crippen LogP contribution in [0.4, 0.5) is 0 Å². The van der Waals surface area contributed by atoms with Gasteiger partial charge >= 0.3 is 5.97 Å². The Morgan fingerprint density at radius 3 is 2.54 bits per heavy atom. The van der Waals surface area contributed by atoms with E-state index >= 15 is 0 Å². The molecule has 0 aliphatic heterocycles. The number of hydrogen-bond acceptors (Lipinski definition) is 5. The number of carbonyl (C=O) groups is 3. The minimum atomic E-state index is -0.658. The van der Waals surface area contributed by atoms with Gasteiger partial charge in [-0.15, -0.1) is 0 Å². The fourth-order valence-corrected chi connectivity index (χ4v) is 1.74. The van der Waals surface area contributed by atoms with E-state index in [1.54, 1.807) is 25.1 Å². The molecule has 0 spiro atoms. The minimum absolute atomic E-state index is 0.151. The van der Waals surface area contributed by atoms with Crippen molar-refractivity contribution in [1.82, 2.24) is 10.6 Å². The summed E-state index contributed by atoms with van der Waals surface area (Å²) in [6.07, 6.45) is 2.77. The topological polar surface area (TPSA) is 93.7 Å². The molecule has 0 saturated carbocycles. The molecular formula is C17H22N2O5. The molecule has 1 rings (SSSR count). The quantitative estimate of drug-likeness (QED) is 0.517. The fourth-order valence-electron chi connectivity index (χ4n) is 1.74. The number of amides is 2. The van der Waals surface area contributed by atoms with Crippen molar-refractivity contribution >= 4 is 23.9 Å². The summed E-state index contributed by atoms with van der Waals surface area (Å²) in [5, 5.41) is 4.89. The van der Waals surface area contributed by atoms with Crippen LogP contribution in [0, 0.1) is 0 Å². The van der Waals surface area contributed by atoms with Crippen molar-refractivity contribution in [2.45, 2.75) is 13.8 Å². The van der Waals surface area contributed by atoms with Gasteiger partial charge in [-0.05, 0) is 26.0 Å². The Bertz CT molecular complexity index is 598. The number of ether oxygens (including phenoxy) is 2. The first kappa shape index (κ1) is 19.2. The average Bonchev–Trinajstić information content (AvgIpc) is 2.58. The second-order valence-corrected chi connectivity index (χ2v) is 4.64. The van der Waals surface area contributed by atoms with E-state index in [-0.39, 0.29) is 12.5 Å². The van der Waals surface area contributed by atoms with E-state index in [9.17, 15) is 14.4 Å². The van der Waals surface area contributed by atoms with Crippen molar-refractivity contribution in [2.24, 2.45) is 0 Å². The second-order valence-electron chi connectivity index (χ2n) is 4.64. The summed E-state index contributed by atoms with van der Waals surface area (Å²) in [7, 11) is 0. The molecule has 0 fully saturated rings. The van der Waals surface area contributed by atoms with Gasteiger partial charge in [-0.3, -0.25) is 9.59 Å². The van der Waals surface area contributed by atoms with Crippen LogP contribution >= 0.6 is 0 Å². The molecule has 0 saturated heterocycles. The van der Waals surface area contributed by atoms with Gasteiger partial charge in [0.1, 0.15) is 5.75 Å². The zero-order valence-corrected chi connectivity index (χ0v) is 13.8. The largest absolute Gasteiger partial charge is 0.493 e. The van der Waals surface area contributed by atoms with Crippen LogP contribution in [-0.2, 0) is 19.1 Å². The van der Waals surface area contributed by atoms with Gasteiger partial charge in [0.2, 0.25) is 5.91 Å². The number of likely N-dealkylation sites (N-methyl/N-ethyl adjacent to an activating group) is 1. The summed E-state index contributed by atoms with van der Waals surface area (Å²) in [5.41, 5.74) is 0.733. The van der Waals surface area contributed by atoms with Crippen LogP contribution in [0.2, 0.25) is 0 Å². The lowest BCUT2D eigenvalue weighted by molar-refractivity contribution is -0.143. The van der Waals surface area contributed by atoms with Gasteiger partial charge < -0.3 is 20.1 Å². The van der Waals surface area contributed by atoms with E-state index in [2.05, 4.69) is 10.6 Å². The lowest BCUT2D eigenvalue weighted by Crippen LogP contribution is -2.38. The molecule has 0 unspecified atom stereocenters. The van der Waals surface area contributed by atoms with Crippen LogP contribution in [0.1, 0.15) is 19.4 Å². The van der Waals surface area contributed by atoms with Crippen molar-refractivity contribution in [3.05, 3.63) is 35.9 Å². The normalized spacial score (nSPS) is 10.2. The number of para-hydroxylation sites is 1. The third-order valence-corrected chi connectivity index (χ3v) is 2.78. The highest BCUT2D eigenvalue weighted by Gasteiger charge is 2.07. The van der Waals surface area contributed by atoms with Crippen LogP contribution < -0.4 is 15.4 Å². The molecule has 7 heteroatoms. The summed E-state index contributed by atoms with van der Waals surface area (Å²) >= 11 is 0. The van der Waals surface area contributed by atoms with E-state index in [4.69, 9.17) is 9.47 Å². The molecule has 1 aromatic carbocycles. The maximum atomic E-state index is 11.6. The monoisotopic (exact) mass is 334 g/mol. The molecule has 0 atom stereocenters.